The van der Waals surface area contributed by atoms with Crippen LogP contribution in [0.2, 0.25) is 0 Å². The fraction of sp³-hybridized carbons (Fsp3) is 0.421. The summed E-state index contributed by atoms with van der Waals surface area (Å²) in [4.78, 5) is 22.7. The number of carbonyl (C=O) groups is 1. The Morgan fingerprint density at radius 1 is 1.11 bits per heavy atom. The van der Waals surface area contributed by atoms with Crippen LogP contribution in [0.4, 0.5) is 24.8 Å². The summed E-state index contributed by atoms with van der Waals surface area (Å²) in [7, 11) is 0. The third kappa shape index (κ3) is 5.42. The first-order chi connectivity index (χ1) is 12.8. The van der Waals surface area contributed by atoms with Crippen molar-refractivity contribution in [3.8, 4) is 0 Å². The summed E-state index contributed by atoms with van der Waals surface area (Å²) in [5.74, 6) is -0.292. The van der Waals surface area contributed by atoms with Crippen LogP contribution in [0.3, 0.4) is 0 Å². The molecule has 1 aromatic carbocycles. The van der Waals surface area contributed by atoms with Gasteiger partial charge < -0.3 is 10.2 Å². The van der Waals surface area contributed by atoms with Crippen molar-refractivity contribution < 1.29 is 18.0 Å². The van der Waals surface area contributed by atoms with Gasteiger partial charge in [0.15, 0.2) is 0 Å². The quantitative estimate of drug-likeness (QED) is 0.749. The minimum Gasteiger partial charge on any atom is -0.337 e. The van der Waals surface area contributed by atoms with Gasteiger partial charge in [0, 0.05) is 18.8 Å². The molecular weight excluding hydrogens is 357 g/mol. The Balaban J connectivity index is 2.35. The number of hydrogen-bond donors (Lipinski definition) is 1. The lowest BCUT2D eigenvalue weighted by Crippen LogP contribution is -2.33. The van der Waals surface area contributed by atoms with Crippen LogP contribution in [0.5, 0.6) is 0 Å². The monoisotopic (exact) mass is 380 g/mol. The molecule has 2 rings (SSSR count). The van der Waals surface area contributed by atoms with Crippen LogP contribution in [0.25, 0.3) is 0 Å². The number of hydrogen-bond acceptors (Lipinski definition) is 4. The fourth-order valence-corrected chi connectivity index (χ4v) is 2.71. The highest BCUT2D eigenvalue weighted by Gasteiger charge is 2.33. The van der Waals surface area contributed by atoms with E-state index in [-0.39, 0.29) is 23.2 Å². The van der Waals surface area contributed by atoms with Gasteiger partial charge in [0.1, 0.15) is 5.69 Å². The van der Waals surface area contributed by atoms with Crippen molar-refractivity contribution in [3.05, 3.63) is 47.3 Å². The number of carbonyl (C=O) groups excluding carboxylic acids is 1. The maximum absolute atomic E-state index is 13.2. The topological polar surface area (TPSA) is 58.1 Å². The Hall–Kier alpha value is -2.64. The van der Waals surface area contributed by atoms with Gasteiger partial charge in [-0.15, -0.1) is 0 Å². The minimum absolute atomic E-state index is 0.0389. The van der Waals surface area contributed by atoms with Crippen molar-refractivity contribution >= 4 is 17.5 Å². The lowest BCUT2D eigenvalue weighted by atomic mass is 10.1. The van der Waals surface area contributed by atoms with E-state index in [1.54, 1.807) is 17.9 Å². The molecule has 2 aromatic rings. The zero-order valence-electron chi connectivity index (χ0n) is 15.6. The van der Waals surface area contributed by atoms with E-state index in [0.717, 1.165) is 18.9 Å². The highest BCUT2D eigenvalue weighted by atomic mass is 19.4. The molecule has 0 aliphatic rings. The first-order valence-electron chi connectivity index (χ1n) is 8.84. The van der Waals surface area contributed by atoms with Gasteiger partial charge in [-0.3, -0.25) is 4.79 Å². The average molecular weight is 380 g/mol. The van der Waals surface area contributed by atoms with Gasteiger partial charge in [-0.05, 0) is 38.0 Å². The maximum atomic E-state index is 13.2. The number of amides is 1. The molecule has 0 saturated heterocycles. The summed E-state index contributed by atoms with van der Waals surface area (Å²) in [6.45, 7) is 6.80. The van der Waals surface area contributed by atoms with Crippen molar-refractivity contribution in [1.82, 2.24) is 14.9 Å². The van der Waals surface area contributed by atoms with Crippen molar-refractivity contribution in [1.29, 1.82) is 0 Å². The molecule has 0 aliphatic heterocycles. The van der Waals surface area contributed by atoms with E-state index >= 15 is 0 Å². The molecule has 0 radical (unpaired) electrons. The van der Waals surface area contributed by atoms with Crippen LogP contribution in [-0.4, -0.2) is 33.9 Å². The molecule has 0 saturated carbocycles. The third-order valence-corrected chi connectivity index (χ3v) is 3.83. The number of anilines is 2. The summed E-state index contributed by atoms with van der Waals surface area (Å²) in [6, 6.07) is 6.63. The molecule has 8 heteroatoms. The van der Waals surface area contributed by atoms with E-state index in [4.69, 9.17) is 0 Å². The summed E-state index contributed by atoms with van der Waals surface area (Å²) >= 11 is 0. The number of nitrogens with one attached hydrogen (secondary N) is 1. The van der Waals surface area contributed by atoms with Crippen LogP contribution >= 0.6 is 0 Å². The largest absolute Gasteiger partial charge is 0.418 e. The van der Waals surface area contributed by atoms with Gasteiger partial charge >= 0.3 is 6.18 Å². The van der Waals surface area contributed by atoms with E-state index in [1.165, 1.54) is 18.2 Å². The smallest absolute Gasteiger partial charge is 0.337 e. The van der Waals surface area contributed by atoms with Crippen LogP contribution in [0.1, 0.15) is 48.4 Å². The summed E-state index contributed by atoms with van der Waals surface area (Å²) in [5.41, 5.74) is -0.320. The van der Waals surface area contributed by atoms with Crippen LogP contribution in [0.15, 0.2) is 30.3 Å². The van der Waals surface area contributed by atoms with Crippen LogP contribution in [-0.2, 0) is 6.18 Å². The van der Waals surface area contributed by atoms with E-state index in [0.29, 0.717) is 18.8 Å². The summed E-state index contributed by atoms with van der Waals surface area (Å²) in [6.07, 6.45) is -2.90. The first kappa shape index (κ1) is 20.7. The van der Waals surface area contributed by atoms with Crippen molar-refractivity contribution in [2.24, 2.45) is 0 Å². The number of aromatic nitrogens is 2. The maximum Gasteiger partial charge on any atom is 0.418 e. The lowest BCUT2D eigenvalue weighted by Gasteiger charge is -2.21. The zero-order chi connectivity index (χ0) is 20.0. The molecule has 0 fully saturated rings. The molecule has 1 aromatic heterocycles. The number of halogens is 3. The van der Waals surface area contributed by atoms with Crippen LogP contribution in [0, 0.1) is 6.92 Å². The second-order valence-electron chi connectivity index (χ2n) is 6.18. The Kier molecular flexibility index (Phi) is 6.76. The molecule has 0 spiro atoms. The SMILES string of the molecule is CCCN(CCC)C(=O)c1cc(C)nc(Nc2ccccc2C(F)(F)F)n1. The van der Waals surface area contributed by atoms with E-state index in [2.05, 4.69) is 15.3 Å². The Morgan fingerprint density at radius 2 is 1.74 bits per heavy atom. The van der Waals surface area contributed by atoms with Gasteiger partial charge in [-0.1, -0.05) is 26.0 Å². The highest BCUT2D eigenvalue weighted by Crippen LogP contribution is 2.35. The molecule has 0 unspecified atom stereocenters. The highest BCUT2D eigenvalue weighted by molar-refractivity contribution is 5.92. The number of rotatable bonds is 7. The molecule has 0 bridgehead atoms. The predicted molar refractivity (Wildman–Crippen MR) is 98.0 cm³/mol. The predicted octanol–water partition coefficient (Wildman–Crippen LogP) is 4.81. The lowest BCUT2D eigenvalue weighted by molar-refractivity contribution is -0.136. The molecule has 146 valence electrons. The van der Waals surface area contributed by atoms with Gasteiger partial charge in [-0.25, -0.2) is 9.97 Å². The first-order valence-corrected chi connectivity index (χ1v) is 8.84. The van der Waals surface area contributed by atoms with Gasteiger partial charge in [0.25, 0.3) is 5.91 Å². The van der Waals surface area contributed by atoms with E-state index < -0.39 is 11.7 Å². The van der Waals surface area contributed by atoms with Gasteiger partial charge in [0.05, 0.1) is 11.3 Å². The van der Waals surface area contributed by atoms with E-state index in [1.807, 2.05) is 13.8 Å². The molecule has 5 nitrogen and oxygen atoms in total. The standard InChI is InChI=1S/C19H23F3N4O/c1-4-10-26(11-5-2)17(27)16-12-13(3)23-18(25-16)24-15-9-7-6-8-14(15)19(20,21)22/h6-9,12H,4-5,10-11H2,1-3H3,(H,23,24,25). The third-order valence-electron chi connectivity index (χ3n) is 3.83. The second-order valence-corrected chi connectivity index (χ2v) is 6.18. The number of para-hydroxylation sites is 1. The second kappa shape index (κ2) is 8.83. The molecule has 27 heavy (non-hydrogen) atoms. The van der Waals surface area contributed by atoms with Gasteiger partial charge in [0.2, 0.25) is 5.95 Å². The normalized spacial score (nSPS) is 11.3. The molecule has 1 amide bonds. The number of alkyl halides is 3. The Bertz CT molecular complexity index is 787. The van der Waals surface area contributed by atoms with Crippen LogP contribution < -0.4 is 5.32 Å². The molecule has 0 atom stereocenters. The van der Waals surface area contributed by atoms with Crippen molar-refractivity contribution in [2.75, 3.05) is 18.4 Å². The number of benzene rings is 1. The zero-order valence-corrected chi connectivity index (χ0v) is 15.6. The number of nitrogens with zero attached hydrogens (tertiary/aromatic N) is 3. The van der Waals surface area contributed by atoms with Crippen molar-refractivity contribution in [3.63, 3.8) is 0 Å². The fourth-order valence-electron chi connectivity index (χ4n) is 2.71. The molecular formula is C19H23F3N4O. The Labute approximate surface area is 156 Å². The van der Waals surface area contributed by atoms with Gasteiger partial charge in [-0.2, -0.15) is 13.2 Å². The minimum atomic E-state index is -4.51. The molecule has 1 heterocycles. The Morgan fingerprint density at radius 3 is 2.33 bits per heavy atom. The summed E-state index contributed by atoms with van der Waals surface area (Å²) in [5, 5.41) is 2.61. The molecule has 0 aliphatic carbocycles. The van der Waals surface area contributed by atoms with Crippen molar-refractivity contribution in [2.45, 2.75) is 39.8 Å². The molecule has 1 N–H and O–H groups in total. The number of aryl methyl sites for hydroxylation is 1. The average Bonchev–Trinajstić information content (AvgIpc) is 2.60. The summed E-state index contributed by atoms with van der Waals surface area (Å²) < 4.78 is 39.5. The van der Waals surface area contributed by atoms with E-state index in [9.17, 15) is 18.0 Å².